The largest absolute Gasteiger partial charge is 0.478 e. The van der Waals surface area contributed by atoms with Gasteiger partial charge in [-0.15, -0.1) is 0 Å². The lowest BCUT2D eigenvalue weighted by molar-refractivity contribution is -0.131. The second-order valence-corrected chi connectivity index (χ2v) is 4.16. The molecule has 7 nitrogen and oxygen atoms in total. The number of hydrogen-bond acceptors (Lipinski definition) is 5. The third-order valence-electron chi connectivity index (χ3n) is 2.37. The highest BCUT2D eigenvalue weighted by atomic mass is 16.4. The zero-order valence-corrected chi connectivity index (χ0v) is 11.8. The molecule has 0 radical (unpaired) electrons. The molecule has 1 aromatic rings. The number of carbonyl (C=O) groups is 2. The van der Waals surface area contributed by atoms with Crippen LogP contribution in [0, 0.1) is 0 Å². The molecule has 1 amide bonds. The Kier molecular flexibility index (Phi) is 6.24. The number of allylic oxidation sites excluding steroid dienone is 5. The van der Waals surface area contributed by atoms with Crippen molar-refractivity contribution >= 4 is 23.3 Å². The van der Waals surface area contributed by atoms with Gasteiger partial charge in [0.25, 0.3) is 0 Å². The predicted molar refractivity (Wildman–Crippen MR) is 83.8 cm³/mol. The van der Waals surface area contributed by atoms with E-state index in [1.807, 2.05) is 0 Å². The number of nitrogens with one attached hydrogen (secondary N) is 1. The number of carboxylic acids is 1. The van der Waals surface area contributed by atoms with Crippen molar-refractivity contribution in [2.45, 2.75) is 0 Å². The van der Waals surface area contributed by atoms with E-state index in [-0.39, 0.29) is 6.54 Å². The average molecular weight is 300 g/mol. The predicted octanol–water partition coefficient (Wildman–Crippen LogP) is 1.14. The molecule has 114 valence electrons. The van der Waals surface area contributed by atoms with Crippen LogP contribution in [0.1, 0.15) is 5.69 Å². The third-order valence-corrected chi connectivity index (χ3v) is 2.37. The number of anilines is 1. The van der Waals surface area contributed by atoms with Gasteiger partial charge >= 0.3 is 5.97 Å². The molecule has 0 aliphatic heterocycles. The van der Waals surface area contributed by atoms with Crippen molar-refractivity contribution in [3.63, 3.8) is 0 Å². The Hall–Kier alpha value is -3.22. The van der Waals surface area contributed by atoms with E-state index in [0.29, 0.717) is 22.7 Å². The Morgan fingerprint density at radius 1 is 1.36 bits per heavy atom. The molecule has 1 heterocycles. The van der Waals surface area contributed by atoms with Crippen LogP contribution in [-0.2, 0) is 9.59 Å². The number of aliphatic carboxylic acids is 1. The van der Waals surface area contributed by atoms with Crippen molar-refractivity contribution in [1.29, 1.82) is 0 Å². The Balaban J connectivity index is 2.97. The van der Waals surface area contributed by atoms with Gasteiger partial charge in [-0.2, -0.15) is 0 Å². The Labute approximate surface area is 127 Å². The highest BCUT2D eigenvalue weighted by Gasteiger charge is 2.03. The fraction of sp³-hybridized carbons (Fsp3) is 0.0667. The topological polar surface area (TPSA) is 118 Å². The summed E-state index contributed by atoms with van der Waals surface area (Å²) < 4.78 is 0. The van der Waals surface area contributed by atoms with Gasteiger partial charge < -0.3 is 16.2 Å². The van der Waals surface area contributed by atoms with Crippen LogP contribution < -0.4 is 11.1 Å². The van der Waals surface area contributed by atoms with E-state index >= 15 is 0 Å². The van der Waals surface area contributed by atoms with Crippen LogP contribution in [0.25, 0.3) is 5.57 Å². The smallest absolute Gasteiger partial charge is 0.328 e. The summed E-state index contributed by atoms with van der Waals surface area (Å²) >= 11 is 0. The second kappa shape index (κ2) is 8.15. The van der Waals surface area contributed by atoms with Crippen LogP contribution in [0.4, 0.5) is 5.82 Å². The number of aromatic nitrogens is 2. The first-order valence-corrected chi connectivity index (χ1v) is 6.21. The summed E-state index contributed by atoms with van der Waals surface area (Å²) in [5.74, 6) is -1.19. The summed E-state index contributed by atoms with van der Waals surface area (Å²) in [5, 5.41) is 11.3. The number of hydrogen-bond donors (Lipinski definition) is 3. The zero-order valence-electron chi connectivity index (χ0n) is 11.8. The number of amides is 1. The molecule has 0 aliphatic rings. The summed E-state index contributed by atoms with van der Waals surface area (Å²) in [6.07, 6.45) is 8.46. The number of carboxylic acid groups (broad SMARTS) is 1. The molecule has 0 aliphatic carbocycles. The molecule has 7 heteroatoms. The van der Waals surface area contributed by atoms with E-state index in [0.717, 1.165) is 6.08 Å². The molecule has 0 saturated carbocycles. The number of nitrogens with two attached hydrogens (primary N) is 1. The molecule has 0 saturated heterocycles. The summed E-state index contributed by atoms with van der Waals surface area (Å²) in [6.45, 7) is 7.34. The quantitative estimate of drug-likeness (QED) is 0.489. The van der Waals surface area contributed by atoms with Gasteiger partial charge in [0, 0.05) is 11.6 Å². The van der Waals surface area contributed by atoms with Gasteiger partial charge in [-0.25, -0.2) is 9.78 Å². The minimum absolute atomic E-state index is 0.0562. The highest BCUT2D eigenvalue weighted by molar-refractivity contribution is 5.81. The van der Waals surface area contributed by atoms with Gasteiger partial charge in [-0.3, -0.25) is 9.78 Å². The fourth-order valence-electron chi connectivity index (χ4n) is 1.43. The summed E-state index contributed by atoms with van der Waals surface area (Å²) in [6, 6.07) is 0. The van der Waals surface area contributed by atoms with E-state index in [9.17, 15) is 9.59 Å². The first-order chi connectivity index (χ1) is 10.4. The van der Waals surface area contributed by atoms with Gasteiger partial charge in [0.2, 0.25) is 5.91 Å². The van der Waals surface area contributed by atoms with Gasteiger partial charge in [0.15, 0.2) is 0 Å². The minimum atomic E-state index is -1.06. The number of rotatable bonds is 8. The molecule has 0 atom stereocenters. The monoisotopic (exact) mass is 300 g/mol. The van der Waals surface area contributed by atoms with Gasteiger partial charge in [0.05, 0.1) is 24.6 Å². The van der Waals surface area contributed by atoms with Crippen LogP contribution in [0.3, 0.4) is 0 Å². The normalized spacial score (nSPS) is 11.2. The fourth-order valence-corrected chi connectivity index (χ4v) is 1.43. The van der Waals surface area contributed by atoms with Crippen LogP contribution in [0.15, 0.2) is 55.4 Å². The minimum Gasteiger partial charge on any atom is -0.478 e. The maximum atomic E-state index is 10.7. The number of nitrogens with zero attached hydrogens (tertiary/aromatic N) is 2. The van der Waals surface area contributed by atoms with Crippen LogP contribution in [0.5, 0.6) is 0 Å². The molecule has 0 spiro atoms. The molecule has 1 rings (SSSR count). The summed E-state index contributed by atoms with van der Waals surface area (Å²) in [4.78, 5) is 29.5. The van der Waals surface area contributed by atoms with Crippen molar-refractivity contribution in [2.24, 2.45) is 5.73 Å². The van der Waals surface area contributed by atoms with E-state index < -0.39 is 11.9 Å². The van der Waals surface area contributed by atoms with Crippen molar-refractivity contribution < 1.29 is 14.7 Å². The van der Waals surface area contributed by atoms with Gasteiger partial charge in [-0.1, -0.05) is 19.2 Å². The Morgan fingerprint density at radius 2 is 2.09 bits per heavy atom. The lowest BCUT2D eigenvalue weighted by Gasteiger charge is -2.06. The van der Waals surface area contributed by atoms with Gasteiger partial charge in [0.1, 0.15) is 5.82 Å². The standard InChI is InChI=1S/C15H16N4O3/c1-3-11(6-10(2)4-5-15(21)22)12-7-17-9-14(19-12)18-8-13(16)20/h3-7,9H,1-2,8H2,(H2,16,20)(H,18,19)(H,21,22)/b5-4+,11-6+. The molecule has 1 aromatic heterocycles. The maximum Gasteiger partial charge on any atom is 0.328 e. The van der Waals surface area contributed by atoms with E-state index in [4.69, 9.17) is 10.8 Å². The molecule has 0 fully saturated rings. The number of primary amides is 1. The SMILES string of the molecule is C=C/C(=C\C(=C)/C=C/C(=O)O)c1cncc(NCC(N)=O)n1. The van der Waals surface area contributed by atoms with Crippen molar-refractivity contribution in [2.75, 3.05) is 11.9 Å². The third kappa shape index (κ3) is 5.83. The molecular formula is C15H16N4O3. The van der Waals surface area contributed by atoms with Crippen molar-refractivity contribution in [1.82, 2.24) is 9.97 Å². The Morgan fingerprint density at radius 3 is 2.68 bits per heavy atom. The van der Waals surface area contributed by atoms with Crippen molar-refractivity contribution in [3.8, 4) is 0 Å². The average Bonchev–Trinajstić information content (AvgIpc) is 2.48. The Bertz CT molecular complexity index is 663. The van der Waals surface area contributed by atoms with E-state index in [1.54, 1.807) is 12.2 Å². The molecule has 0 unspecified atom stereocenters. The van der Waals surface area contributed by atoms with Crippen molar-refractivity contribution in [3.05, 3.63) is 61.1 Å². The van der Waals surface area contributed by atoms with Crippen LogP contribution >= 0.6 is 0 Å². The highest BCUT2D eigenvalue weighted by Crippen LogP contribution is 2.16. The summed E-state index contributed by atoms with van der Waals surface area (Å²) in [5.41, 5.74) is 6.61. The van der Waals surface area contributed by atoms with Crippen LogP contribution in [0.2, 0.25) is 0 Å². The maximum absolute atomic E-state index is 10.7. The van der Waals surface area contributed by atoms with Crippen LogP contribution in [-0.4, -0.2) is 33.5 Å². The molecule has 0 bridgehead atoms. The lowest BCUT2D eigenvalue weighted by Crippen LogP contribution is -2.22. The van der Waals surface area contributed by atoms with E-state index in [2.05, 4.69) is 28.4 Å². The van der Waals surface area contributed by atoms with E-state index in [1.165, 1.54) is 18.5 Å². The first-order valence-electron chi connectivity index (χ1n) is 6.21. The number of carbonyl (C=O) groups excluding carboxylic acids is 1. The first kappa shape index (κ1) is 16.8. The lowest BCUT2D eigenvalue weighted by atomic mass is 10.1. The molecule has 4 N–H and O–H groups in total. The molecule has 22 heavy (non-hydrogen) atoms. The summed E-state index contributed by atoms with van der Waals surface area (Å²) in [7, 11) is 0. The molecule has 0 aromatic carbocycles. The zero-order chi connectivity index (χ0) is 16.5. The second-order valence-electron chi connectivity index (χ2n) is 4.16. The molecular weight excluding hydrogens is 284 g/mol. The van der Waals surface area contributed by atoms with Gasteiger partial charge in [-0.05, 0) is 17.7 Å².